The molecule has 0 fully saturated rings. The monoisotopic (exact) mass is 983 g/mol. The van der Waals surface area contributed by atoms with E-state index in [-0.39, 0.29) is 31.1 Å². The fourth-order valence-corrected chi connectivity index (χ4v) is 9.18. The quantitative estimate of drug-likeness (QED) is 0.0261. The van der Waals surface area contributed by atoms with Crippen molar-refractivity contribution in [2.45, 2.75) is 341 Å². The summed E-state index contributed by atoms with van der Waals surface area (Å²) in [6.07, 6.45) is 71.5. The molecule has 6 nitrogen and oxygen atoms in total. The number of rotatable bonds is 57. The summed E-state index contributed by atoms with van der Waals surface area (Å²) in [6.45, 7) is 6.66. The fourth-order valence-electron chi connectivity index (χ4n) is 9.18. The Kier molecular flexibility index (Phi) is 57.2. The first-order valence-electron chi connectivity index (χ1n) is 31.0. The van der Waals surface area contributed by atoms with Gasteiger partial charge in [0, 0.05) is 19.3 Å². The van der Waals surface area contributed by atoms with Crippen molar-refractivity contribution in [3.05, 3.63) is 36.5 Å². The van der Waals surface area contributed by atoms with Crippen molar-refractivity contribution in [2.75, 3.05) is 13.2 Å². The van der Waals surface area contributed by atoms with Crippen LogP contribution in [0.1, 0.15) is 335 Å². The van der Waals surface area contributed by atoms with Crippen LogP contribution in [0.4, 0.5) is 0 Å². The van der Waals surface area contributed by atoms with Crippen LogP contribution in [0.3, 0.4) is 0 Å². The predicted molar refractivity (Wildman–Crippen MR) is 302 cm³/mol. The first kappa shape index (κ1) is 67.6. The summed E-state index contributed by atoms with van der Waals surface area (Å²) in [6, 6.07) is 0. The van der Waals surface area contributed by atoms with Gasteiger partial charge in [0.15, 0.2) is 6.10 Å². The van der Waals surface area contributed by atoms with Crippen LogP contribution in [0.5, 0.6) is 0 Å². The summed E-state index contributed by atoms with van der Waals surface area (Å²) in [5.74, 6) is -0.861. The second-order valence-corrected chi connectivity index (χ2v) is 21.0. The summed E-state index contributed by atoms with van der Waals surface area (Å²) in [7, 11) is 0. The first-order chi connectivity index (χ1) is 34.5. The van der Waals surface area contributed by atoms with Crippen LogP contribution in [0, 0.1) is 0 Å². The van der Waals surface area contributed by atoms with Gasteiger partial charge in [-0.15, -0.1) is 0 Å². The Bertz CT molecular complexity index is 1170. The third kappa shape index (κ3) is 56.5. The molecule has 0 amide bonds. The molecule has 1 atom stereocenters. The molecule has 0 N–H and O–H groups in total. The van der Waals surface area contributed by atoms with Crippen molar-refractivity contribution in [1.82, 2.24) is 0 Å². The summed E-state index contributed by atoms with van der Waals surface area (Å²) in [5, 5.41) is 0. The summed E-state index contributed by atoms with van der Waals surface area (Å²) < 4.78 is 16.9. The maximum Gasteiger partial charge on any atom is 0.306 e. The minimum Gasteiger partial charge on any atom is -0.462 e. The van der Waals surface area contributed by atoms with Crippen LogP contribution in [0.25, 0.3) is 0 Å². The molecule has 0 aliphatic heterocycles. The smallest absolute Gasteiger partial charge is 0.306 e. The third-order valence-corrected chi connectivity index (χ3v) is 13.9. The minimum atomic E-state index is -0.773. The van der Waals surface area contributed by atoms with Crippen molar-refractivity contribution in [3.8, 4) is 0 Å². The molecule has 0 saturated carbocycles. The highest BCUT2D eigenvalue weighted by molar-refractivity contribution is 5.71. The zero-order valence-corrected chi connectivity index (χ0v) is 47.1. The van der Waals surface area contributed by atoms with Crippen molar-refractivity contribution in [2.24, 2.45) is 0 Å². The van der Waals surface area contributed by atoms with Gasteiger partial charge in [-0.1, -0.05) is 276 Å². The van der Waals surface area contributed by atoms with E-state index in [0.717, 1.165) is 70.6 Å². The molecule has 0 aliphatic rings. The van der Waals surface area contributed by atoms with Crippen LogP contribution in [0.2, 0.25) is 0 Å². The van der Waals surface area contributed by atoms with Crippen LogP contribution >= 0.6 is 0 Å². The van der Waals surface area contributed by atoms with E-state index in [1.54, 1.807) is 0 Å². The molecular formula is C64H118O6. The van der Waals surface area contributed by atoms with Crippen molar-refractivity contribution < 1.29 is 28.6 Å². The Balaban J connectivity index is 4.23. The van der Waals surface area contributed by atoms with E-state index in [1.807, 2.05) is 0 Å². The Hall–Kier alpha value is -2.37. The highest BCUT2D eigenvalue weighted by atomic mass is 16.6. The maximum absolute atomic E-state index is 12.8. The lowest BCUT2D eigenvalue weighted by Crippen LogP contribution is -2.30. The highest BCUT2D eigenvalue weighted by Gasteiger charge is 2.19. The second-order valence-electron chi connectivity index (χ2n) is 21.0. The first-order valence-corrected chi connectivity index (χ1v) is 31.0. The second kappa shape index (κ2) is 59.2. The standard InChI is InChI=1S/C64H118O6/c1-4-7-10-13-16-19-22-25-27-28-29-30-31-32-33-34-35-36-37-40-42-45-48-51-54-57-63(66)69-60-61(59-68-62(65)56-53-50-47-44-41-38-24-21-18-15-12-9-6-3)70-64(67)58-55-52-49-46-43-39-26-23-20-17-14-11-8-5-2/h22-23,25-26,28-29,61H,4-21,24,27,30-60H2,1-3H3/b25-22-,26-23-,29-28-. The van der Waals surface area contributed by atoms with E-state index in [9.17, 15) is 14.4 Å². The molecule has 0 aromatic carbocycles. The lowest BCUT2D eigenvalue weighted by molar-refractivity contribution is -0.167. The summed E-state index contributed by atoms with van der Waals surface area (Å²) >= 11 is 0. The van der Waals surface area contributed by atoms with Gasteiger partial charge >= 0.3 is 17.9 Å². The third-order valence-electron chi connectivity index (χ3n) is 13.9. The lowest BCUT2D eigenvalue weighted by Gasteiger charge is -2.18. The molecule has 0 saturated heterocycles. The Morgan fingerprint density at radius 3 is 0.800 bits per heavy atom. The van der Waals surface area contributed by atoms with Gasteiger partial charge in [0.1, 0.15) is 13.2 Å². The SMILES string of the molecule is CCCCCCC/C=C\C/C=C\CCCCCCCCCCCCCCCC(=O)OCC(COC(=O)CCCCCCCCCCCCCCC)OC(=O)CCCCCCC/C=C\CCCCCCC. The molecule has 410 valence electrons. The summed E-state index contributed by atoms with van der Waals surface area (Å²) in [4.78, 5) is 38.2. The van der Waals surface area contributed by atoms with Gasteiger partial charge in [0.2, 0.25) is 0 Å². The molecule has 0 radical (unpaired) electrons. The fraction of sp³-hybridized carbons (Fsp3) is 0.859. The number of ether oxygens (including phenoxy) is 3. The van der Waals surface area contributed by atoms with Crippen molar-refractivity contribution in [3.63, 3.8) is 0 Å². The lowest BCUT2D eigenvalue weighted by atomic mass is 10.0. The predicted octanol–water partition coefficient (Wildman–Crippen LogP) is 20.8. The largest absolute Gasteiger partial charge is 0.462 e. The van der Waals surface area contributed by atoms with Gasteiger partial charge in [-0.2, -0.15) is 0 Å². The maximum atomic E-state index is 12.8. The number of allylic oxidation sites excluding steroid dienone is 6. The minimum absolute atomic E-state index is 0.0712. The van der Waals surface area contributed by atoms with Gasteiger partial charge in [0.25, 0.3) is 0 Å². The van der Waals surface area contributed by atoms with Gasteiger partial charge < -0.3 is 14.2 Å². The Morgan fingerprint density at radius 1 is 0.286 bits per heavy atom. The molecule has 6 heteroatoms. The van der Waals surface area contributed by atoms with E-state index in [4.69, 9.17) is 14.2 Å². The summed E-state index contributed by atoms with van der Waals surface area (Å²) in [5.41, 5.74) is 0. The molecule has 0 aromatic heterocycles. The normalized spacial score (nSPS) is 12.2. The van der Waals surface area contributed by atoms with E-state index < -0.39 is 6.10 Å². The molecule has 1 unspecified atom stereocenters. The van der Waals surface area contributed by atoms with Crippen LogP contribution in [0.15, 0.2) is 36.5 Å². The molecular weight excluding hydrogens is 865 g/mol. The number of hydrogen-bond acceptors (Lipinski definition) is 6. The van der Waals surface area contributed by atoms with Crippen LogP contribution in [-0.2, 0) is 28.6 Å². The molecule has 70 heavy (non-hydrogen) atoms. The van der Waals surface area contributed by atoms with E-state index in [0.29, 0.717) is 19.3 Å². The van der Waals surface area contributed by atoms with Gasteiger partial charge in [-0.05, 0) is 77.0 Å². The Labute approximate surface area is 435 Å². The molecule has 0 spiro atoms. The zero-order valence-electron chi connectivity index (χ0n) is 47.1. The molecule has 0 aliphatic carbocycles. The zero-order chi connectivity index (χ0) is 50.7. The number of esters is 3. The van der Waals surface area contributed by atoms with Crippen LogP contribution < -0.4 is 0 Å². The van der Waals surface area contributed by atoms with Crippen LogP contribution in [-0.4, -0.2) is 37.2 Å². The molecule has 0 bridgehead atoms. The number of hydrogen-bond donors (Lipinski definition) is 0. The van der Waals surface area contributed by atoms with Gasteiger partial charge in [-0.25, -0.2) is 0 Å². The molecule has 0 heterocycles. The van der Waals surface area contributed by atoms with Gasteiger partial charge in [-0.3, -0.25) is 14.4 Å². The highest BCUT2D eigenvalue weighted by Crippen LogP contribution is 2.17. The average Bonchev–Trinajstić information content (AvgIpc) is 3.36. The number of carbonyl (C=O) groups excluding carboxylic acids is 3. The topological polar surface area (TPSA) is 78.9 Å². The van der Waals surface area contributed by atoms with Crippen molar-refractivity contribution >= 4 is 17.9 Å². The number of unbranched alkanes of at least 4 members (excludes halogenated alkanes) is 40. The van der Waals surface area contributed by atoms with E-state index in [1.165, 1.54) is 225 Å². The molecule has 0 rings (SSSR count). The van der Waals surface area contributed by atoms with E-state index in [2.05, 4.69) is 57.2 Å². The average molecular weight is 984 g/mol. The molecule has 0 aromatic rings. The number of carbonyl (C=O) groups is 3. The van der Waals surface area contributed by atoms with E-state index >= 15 is 0 Å². The van der Waals surface area contributed by atoms with Gasteiger partial charge in [0.05, 0.1) is 0 Å². The van der Waals surface area contributed by atoms with Crippen molar-refractivity contribution in [1.29, 1.82) is 0 Å². The Morgan fingerprint density at radius 2 is 0.514 bits per heavy atom.